The Morgan fingerprint density at radius 3 is 2.63 bits per heavy atom. The molecule has 0 saturated carbocycles. The van der Waals surface area contributed by atoms with E-state index in [1.165, 1.54) is 5.56 Å². The van der Waals surface area contributed by atoms with Crippen molar-refractivity contribution in [1.82, 2.24) is 5.32 Å². The van der Waals surface area contributed by atoms with E-state index in [4.69, 9.17) is 23.7 Å². The summed E-state index contributed by atoms with van der Waals surface area (Å²) < 4.78 is 28.8. The monoisotopic (exact) mass is 590 g/mol. The zero-order valence-corrected chi connectivity index (χ0v) is 25.9. The van der Waals surface area contributed by atoms with Gasteiger partial charge >= 0.3 is 0 Å². The number of methoxy groups -OCH3 is 2. The Morgan fingerprint density at radius 2 is 1.84 bits per heavy atom. The van der Waals surface area contributed by atoms with Crippen molar-refractivity contribution < 1.29 is 28.5 Å². The highest BCUT2D eigenvalue weighted by molar-refractivity contribution is 5.91. The van der Waals surface area contributed by atoms with Gasteiger partial charge in [-0.05, 0) is 67.8 Å². The zero-order chi connectivity index (χ0) is 30.4. The molecule has 0 radical (unpaired) electrons. The topological polar surface area (TPSA) is 87.3 Å². The van der Waals surface area contributed by atoms with Gasteiger partial charge in [0.1, 0.15) is 11.5 Å². The molecular weight excluding hydrogens is 544 g/mol. The number of hydrogen-bond donors (Lipinski definition) is 2. The van der Waals surface area contributed by atoms with Crippen molar-refractivity contribution in [3.8, 4) is 11.5 Å². The maximum Gasteiger partial charge on any atom is 0.226 e. The molecule has 0 bridgehead atoms. The van der Waals surface area contributed by atoms with Gasteiger partial charge in [-0.25, -0.2) is 0 Å². The molecule has 232 valence electrons. The van der Waals surface area contributed by atoms with Gasteiger partial charge in [0.2, 0.25) is 5.91 Å². The van der Waals surface area contributed by atoms with Crippen molar-refractivity contribution in [3.63, 3.8) is 0 Å². The van der Waals surface area contributed by atoms with E-state index in [-0.39, 0.29) is 18.1 Å². The van der Waals surface area contributed by atoms with Crippen LogP contribution in [-0.2, 0) is 32.2 Å². The smallest absolute Gasteiger partial charge is 0.226 e. The summed E-state index contributed by atoms with van der Waals surface area (Å²) in [6.45, 7) is 7.83. The van der Waals surface area contributed by atoms with Crippen molar-refractivity contribution in [1.29, 1.82) is 0 Å². The maximum atomic E-state index is 12.4. The molecule has 0 aliphatic carbocycles. The number of carbonyl (C=O) groups excluding carboxylic acids is 1. The third kappa shape index (κ3) is 10.1. The molecule has 3 unspecified atom stereocenters. The molecule has 8 nitrogen and oxygen atoms in total. The minimum absolute atomic E-state index is 0.0443. The summed E-state index contributed by atoms with van der Waals surface area (Å²) in [6.07, 6.45) is 2.04. The van der Waals surface area contributed by atoms with Crippen LogP contribution < -0.4 is 20.1 Å². The Balaban J connectivity index is 1.23. The lowest BCUT2D eigenvalue weighted by Crippen LogP contribution is -2.40. The average Bonchev–Trinajstić information content (AvgIpc) is 3.03. The second-order valence-corrected chi connectivity index (χ2v) is 11.0. The summed E-state index contributed by atoms with van der Waals surface area (Å²) in [5, 5.41) is 6.50. The van der Waals surface area contributed by atoms with Gasteiger partial charge in [-0.15, -0.1) is 0 Å². The number of rotatable bonds is 16. The first-order chi connectivity index (χ1) is 21.0. The molecule has 43 heavy (non-hydrogen) atoms. The number of piperidine rings is 1. The normalized spacial score (nSPS) is 17.3. The van der Waals surface area contributed by atoms with Gasteiger partial charge in [-0.2, -0.15) is 0 Å². The largest absolute Gasteiger partial charge is 0.496 e. The number of anilines is 1. The second-order valence-electron chi connectivity index (χ2n) is 11.0. The van der Waals surface area contributed by atoms with E-state index in [0.29, 0.717) is 38.8 Å². The minimum Gasteiger partial charge on any atom is -0.496 e. The third-order valence-corrected chi connectivity index (χ3v) is 7.80. The maximum absolute atomic E-state index is 12.4. The summed E-state index contributed by atoms with van der Waals surface area (Å²) >= 11 is 0. The van der Waals surface area contributed by atoms with Gasteiger partial charge in [-0.1, -0.05) is 42.5 Å². The van der Waals surface area contributed by atoms with Crippen molar-refractivity contribution in [3.05, 3.63) is 89.0 Å². The SMILES string of the molecule is COc1ccccc1COCCCOc1ccc(C2CCNCC2OCc2ccc(C)c(NC(=O)CC(C)OC)c2)cc1. The van der Waals surface area contributed by atoms with Gasteiger partial charge in [0.25, 0.3) is 0 Å². The van der Waals surface area contributed by atoms with Crippen molar-refractivity contribution >= 4 is 11.6 Å². The highest BCUT2D eigenvalue weighted by atomic mass is 16.5. The Labute approximate surface area is 256 Å². The molecule has 1 heterocycles. The summed E-state index contributed by atoms with van der Waals surface area (Å²) in [7, 11) is 3.29. The number of benzene rings is 3. The van der Waals surface area contributed by atoms with Gasteiger partial charge in [0, 0.05) is 37.2 Å². The first-order valence-corrected chi connectivity index (χ1v) is 15.1. The van der Waals surface area contributed by atoms with Crippen LogP contribution in [0.25, 0.3) is 0 Å². The molecule has 4 rings (SSSR count). The van der Waals surface area contributed by atoms with Crippen LogP contribution in [0.3, 0.4) is 0 Å². The van der Waals surface area contributed by atoms with E-state index in [2.05, 4.69) is 28.8 Å². The quantitative estimate of drug-likeness (QED) is 0.198. The number of nitrogens with one attached hydrogen (secondary N) is 2. The van der Waals surface area contributed by atoms with E-state index in [9.17, 15) is 4.79 Å². The fourth-order valence-corrected chi connectivity index (χ4v) is 5.20. The molecule has 1 aliphatic rings. The number of hydrogen-bond acceptors (Lipinski definition) is 7. The molecule has 2 N–H and O–H groups in total. The number of amides is 1. The van der Waals surface area contributed by atoms with Gasteiger partial charge < -0.3 is 34.3 Å². The van der Waals surface area contributed by atoms with E-state index >= 15 is 0 Å². The lowest BCUT2D eigenvalue weighted by Gasteiger charge is -2.32. The van der Waals surface area contributed by atoms with Gasteiger partial charge in [0.05, 0.1) is 52.2 Å². The fourth-order valence-electron chi connectivity index (χ4n) is 5.20. The van der Waals surface area contributed by atoms with E-state index in [0.717, 1.165) is 59.8 Å². The standard InChI is InChI=1S/C35H46N2O6/c1-25-10-11-27(21-32(25)37-35(38)20-26(2)39-3)23-43-34-22-36-17-16-31(34)28-12-14-30(15-13-28)42-19-7-18-41-24-29-8-5-6-9-33(29)40-4/h5-6,8-15,21,26,31,34,36H,7,16-20,22-24H2,1-4H3,(H,37,38). The Morgan fingerprint density at radius 1 is 1.02 bits per heavy atom. The van der Waals surface area contributed by atoms with Crippen LogP contribution in [0.5, 0.6) is 11.5 Å². The molecular formula is C35H46N2O6. The molecule has 8 heteroatoms. The van der Waals surface area contributed by atoms with Crippen LogP contribution in [0, 0.1) is 6.92 Å². The van der Waals surface area contributed by atoms with Crippen molar-refractivity contribution in [2.75, 3.05) is 45.8 Å². The number of para-hydroxylation sites is 1. The molecule has 3 aromatic rings. The summed E-state index contributed by atoms with van der Waals surface area (Å²) in [5.41, 5.74) is 5.15. The van der Waals surface area contributed by atoms with Crippen LogP contribution in [0.15, 0.2) is 66.7 Å². The highest BCUT2D eigenvalue weighted by Crippen LogP contribution is 2.30. The van der Waals surface area contributed by atoms with Gasteiger partial charge in [0.15, 0.2) is 0 Å². The minimum atomic E-state index is -0.126. The lowest BCUT2D eigenvalue weighted by molar-refractivity contribution is -0.118. The Bertz CT molecular complexity index is 1280. The first kappa shape index (κ1) is 32.5. The second kappa shape index (κ2) is 17.0. The molecule has 3 aromatic carbocycles. The summed E-state index contributed by atoms with van der Waals surface area (Å²) in [6, 6.07) is 22.4. The Kier molecular flexibility index (Phi) is 12.9. The van der Waals surface area contributed by atoms with Crippen LogP contribution >= 0.6 is 0 Å². The molecule has 0 spiro atoms. The molecule has 1 fully saturated rings. The van der Waals surface area contributed by atoms with Crippen molar-refractivity contribution in [2.45, 2.75) is 64.4 Å². The predicted octanol–water partition coefficient (Wildman–Crippen LogP) is 6.02. The van der Waals surface area contributed by atoms with Gasteiger partial charge in [-0.3, -0.25) is 4.79 Å². The summed E-state index contributed by atoms with van der Waals surface area (Å²) in [5.74, 6) is 1.93. The van der Waals surface area contributed by atoms with Crippen LogP contribution in [-0.4, -0.2) is 58.6 Å². The lowest BCUT2D eigenvalue weighted by atomic mass is 9.87. The van der Waals surface area contributed by atoms with E-state index in [1.807, 2.05) is 62.4 Å². The average molecular weight is 591 g/mol. The first-order valence-electron chi connectivity index (χ1n) is 15.1. The molecule has 1 saturated heterocycles. The molecule has 0 aromatic heterocycles. The third-order valence-electron chi connectivity index (χ3n) is 7.80. The van der Waals surface area contributed by atoms with Crippen LogP contribution in [0.2, 0.25) is 0 Å². The summed E-state index contributed by atoms with van der Waals surface area (Å²) in [4.78, 5) is 12.4. The number of carbonyl (C=O) groups is 1. The number of aryl methyl sites for hydroxylation is 1. The van der Waals surface area contributed by atoms with Crippen LogP contribution in [0.1, 0.15) is 54.4 Å². The zero-order valence-electron chi connectivity index (χ0n) is 25.9. The molecule has 1 aliphatic heterocycles. The van der Waals surface area contributed by atoms with Crippen LogP contribution in [0.4, 0.5) is 5.69 Å². The Hall–Kier alpha value is -3.43. The number of ether oxygens (including phenoxy) is 5. The van der Waals surface area contributed by atoms with Crippen molar-refractivity contribution in [2.24, 2.45) is 0 Å². The molecule has 3 atom stereocenters. The molecule has 1 amide bonds. The predicted molar refractivity (Wildman–Crippen MR) is 169 cm³/mol. The van der Waals surface area contributed by atoms with E-state index in [1.54, 1.807) is 14.2 Å². The van der Waals surface area contributed by atoms with E-state index < -0.39 is 0 Å². The highest BCUT2D eigenvalue weighted by Gasteiger charge is 2.27. The fraction of sp³-hybridized carbons (Fsp3) is 0.457.